The van der Waals surface area contributed by atoms with E-state index in [4.69, 9.17) is 9.94 Å². The van der Waals surface area contributed by atoms with Gasteiger partial charge in [-0.2, -0.15) is 0 Å². The van der Waals surface area contributed by atoms with Gasteiger partial charge in [0.05, 0.1) is 34.5 Å². The molecule has 0 spiro atoms. The Balaban J connectivity index is 0.793. The molecule has 6 amide bonds. The van der Waals surface area contributed by atoms with Crippen LogP contribution < -0.4 is 26.2 Å². The van der Waals surface area contributed by atoms with Crippen LogP contribution in [0.2, 0.25) is 0 Å². The number of carbonyl (C=O) groups is 5. The lowest BCUT2D eigenvalue weighted by atomic mass is 9.85. The van der Waals surface area contributed by atoms with Crippen molar-refractivity contribution < 1.29 is 39.0 Å². The molecule has 0 unspecified atom stereocenters. The Morgan fingerprint density at radius 1 is 0.857 bits per heavy atom. The zero-order chi connectivity index (χ0) is 55.2. The van der Waals surface area contributed by atoms with Gasteiger partial charge in [-0.25, -0.2) is 15.3 Å². The van der Waals surface area contributed by atoms with Crippen LogP contribution in [0.25, 0.3) is 10.4 Å². The highest BCUT2D eigenvalue weighted by Gasteiger charge is 2.44. The van der Waals surface area contributed by atoms with Gasteiger partial charge in [-0.3, -0.25) is 29.1 Å². The number of β-amino-alcohol motifs (C(OH)–C–C–N with tert-alkyl or cyclic N) is 1. The topological polar surface area (TPSA) is 233 Å². The Morgan fingerprint density at radius 2 is 1.55 bits per heavy atom. The van der Waals surface area contributed by atoms with Gasteiger partial charge in [-0.15, -0.1) is 16.4 Å². The fourth-order valence-electron chi connectivity index (χ4n) is 9.28. The number of hydrogen-bond donors (Lipinski definition) is 6. The van der Waals surface area contributed by atoms with Gasteiger partial charge in [0.2, 0.25) is 17.7 Å². The number of carbonyl (C=O) groups excluding carboxylic acids is 5. The van der Waals surface area contributed by atoms with Crippen LogP contribution in [-0.4, -0.2) is 108 Å². The fraction of sp³-hybridized carbons (Fsp3) is 0.517. The van der Waals surface area contributed by atoms with Crippen LogP contribution in [-0.2, 0) is 40.4 Å². The lowest BCUT2D eigenvalue weighted by molar-refractivity contribution is -0.144. The first-order valence-electron chi connectivity index (χ1n) is 27.4. The molecule has 2 aromatic heterocycles. The van der Waals surface area contributed by atoms with E-state index in [-0.39, 0.29) is 49.7 Å². The van der Waals surface area contributed by atoms with Gasteiger partial charge in [0.25, 0.3) is 5.91 Å². The van der Waals surface area contributed by atoms with E-state index in [9.17, 15) is 29.1 Å². The summed E-state index contributed by atoms with van der Waals surface area (Å²) < 4.78 is 7.87. The van der Waals surface area contributed by atoms with Gasteiger partial charge in [0.1, 0.15) is 17.8 Å². The molecule has 18 nitrogen and oxygen atoms in total. The number of aryl methyl sites for hydroxylation is 3. The second kappa shape index (κ2) is 30.3. The number of hydrogen-bond acceptors (Lipinski definition) is 12. The normalized spacial score (nSPS) is 14.7. The Morgan fingerprint density at radius 3 is 2.21 bits per heavy atom. The number of rotatable bonds is 30. The number of nitrogens with one attached hydrogen (secondary N) is 4. The van der Waals surface area contributed by atoms with Crippen LogP contribution in [0.3, 0.4) is 0 Å². The number of unbranched alkanes of at least 4 members (excludes halogenated alkanes) is 9. The Bertz CT molecular complexity index is 2630. The third-order valence-electron chi connectivity index (χ3n) is 13.8. The first kappa shape index (κ1) is 59.5. The SMILES string of the molecule is CCCCN(Cc1ccc(C(=O)NO)cc1)C(=O)Nc1ccc(OCCCCCCCCCCn2cc(CCCCC(=O)N[C@H](C(=O)N3C[C@H](O)C[C@H]3C(=O)NCc3ccc(-c4scnc4C)cc3)C(C)(C)C)nn2)cc1. The minimum Gasteiger partial charge on any atom is -0.494 e. The molecule has 3 atom stereocenters. The number of aliphatic hydroxyl groups excluding tert-OH is 1. The van der Waals surface area contributed by atoms with E-state index in [1.165, 1.54) is 24.2 Å². The average molecular weight is 1080 g/mol. The number of likely N-dealkylation sites (tertiary alicyclic amines) is 1. The molecule has 6 rings (SSSR count). The van der Waals surface area contributed by atoms with Crippen molar-refractivity contribution in [2.45, 2.75) is 169 Å². The minimum absolute atomic E-state index is 0.0202. The van der Waals surface area contributed by atoms with Crippen LogP contribution in [0, 0.1) is 12.3 Å². The van der Waals surface area contributed by atoms with Crippen molar-refractivity contribution in [3.63, 3.8) is 0 Å². The van der Waals surface area contributed by atoms with E-state index in [0.717, 1.165) is 96.6 Å². The summed E-state index contributed by atoms with van der Waals surface area (Å²) in [5, 5.41) is 37.1. The summed E-state index contributed by atoms with van der Waals surface area (Å²) in [4.78, 5) is 74.3. The van der Waals surface area contributed by atoms with Crippen molar-refractivity contribution in [2.75, 3.05) is 25.0 Å². The summed E-state index contributed by atoms with van der Waals surface area (Å²) in [7, 11) is 0. The molecule has 3 heterocycles. The highest BCUT2D eigenvalue weighted by atomic mass is 32.1. The van der Waals surface area contributed by atoms with Gasteiger partial charge in [-0.05, 0) is 104 Å². The zero-order valence-electron chi connectivity index (χ0n) is 45.6. The summed E-state index contributed by atoms with van der Waals surface area (Å²) in [6, 6.07) is 20.2. The van der Waals surface area contributed by atoms with Crippen molar-refractivity contribution in [3.8, 4) is 16.2 Å². The van der Waals surface area contributed by atoms with Crippen molar-refractivity contribution in [2.24, 2.45) is 5.41 Å². The molecule has 1 aliphatic heterocycles. The molecule has 5 aromatic rings. The summed E-state index contributed by atoms with van der Waals surface area (Å²) >= 11 is 1.58. The molecule has 1 fully saturated rings. The van der Waals surface area contributed by atoms with Crippen LogP contribution >= 0.6 is 11.3 Å². The minimum atomic E-state index is -0.877. The maximum atomic E-state index is 14.1. The van der Waals surface area contributed by atoms with Gasteiger partial charge >= 0.3 is 6.03 Å². The van der Waals surface area contributed by atoms with Crippen molar-refractivity contribution in [1.82, 2.24) is 45.9 Å². The number of aliphatic hydroxyl groups is 1. The predicted molar refractivity (Wildman–Crippen MR) is 298 cm³/mol. The van der Waals surface area contributed by atoms with Crippen LogP contribution in [0.5, 0.6) is 5.75 Å². The Hall–Kier alpha value is -6.70. The number of urea groups is 1. The molecule has 0 radical (unpaired) electrons. The third-order valence-corrected chi connectivity index (χ3v) is 14.8. The predicted octanol–water partition coefficient (Wildman–Crippen LogP) is 9.38. The van der Waals surface area contributed by atoms with Crippen LogP contribution in [0.1, 0.15) is 150 Å². The van der Waals surface area contributed by atoms with Gasteiger partial charge < -0.3 is 35.6 Å². The Kier molecular flexibility index (Phi) is 23.4. The number of amides is 6. The average Bonchev–Trinajstić information content (AvgIpc) is 4.21. The molecule has 19 heteroatoms. The largest absolute Gasteiger partial charge is 0.494 e. The van der Waals surface area contributed by atoms with E-state index in [1.54, 1.807) is 46.0 Å². The second-order valence-electron chi connectivity index (χ2n) is 21.2. The van der Waals surface area contributed by atoms with Crippen molar-refractivity contribution in [3.05, 3.63) is 113 Å². The highest BCUT2D eigenvalue weighted by molar-refractivity contribution is 7.13. The van der Waals surface area contributed by atoms with Crippen LogP contribution in [0.4, 0.5) is 10.5 Å². The van der Waals surface area contributed by atoms with Crippen molar-refractivity contribution >= 4 is 46.7 Å². The van der Waals surface area contributed by atoms with Crippen LogP contribution in [0.15, 0.2) is 84.5 Å². The number of thiazole rings is 1. The number of nitrogens with zero attached hydrogens (tertiary/aromatic N) is 6. The number of aromatic nitrogens is 4. The molecule has 1 saturated heterocycles. The van der Waals surface area contributed by atoms with E-state index in [2.05, 4.69) is 38.2 Å². The van der Waals surface area contributed by atoms with Crippen molar-refractivity contribution in [1.29, 1.82) is 0 Å². The lowest BCUT2D eigenvalue weighted by Gasteiger charge is -2.35. The molecule has 0 bridgehead atoms. The fourth-order valence-corrected chi connectivity index (χ4v) is 10.1. The molecule has 3 aromatic carbocycles. The first-order valence-corrected chi connectivity index (χ1v) is 28.3. The van der Waals surface area contributed by atoms with Gasteiger partial charge in [-0.1, -0.05) is 114 Å². The maximum Gasteiger partial charge on any atom is 0.322 e. The number of ether oxygens (including phenoxy) is 1. The smallest absolute Gasteiger partial charge is 0.322 e. The molecular formula is C58H80N10O8S. The van der Waals surface area contributed by atoms with E-state index < -0.39 is 29.5 Å². The molecule has 416 valence electrons. The highest BCUT2D eigenvalue weighted by Crippen LogP contribution is 2.29. The Labute approximate surface area is 457 Å². The molecule has 1 aliphatic rings. The van der Waals surface area contributed by atoms with Gasteiger partial charge in [0, 0.05) is 63.0 Å². The van der Waals surface area contributed by atoms with Gasteiger partial charge in [0.15, 0.2) is 0 Å². The first-order chi connectivity index (χ1) is 37.1. The second-order valence-corrected chi connectivity index (χ2v) is 22.0. The number of anilines is 1. The number of hydroxylamine groups is 1. The third kappa shape index (κ3) is 19.1. The quantitative estimate of drug-likeness (QED) is 0.0144. The lowest BCUT2D eigenvalue weighted by Crippen LogP contribution is -2.57. The molecule has 0 aliphatic carbocycles. The number of benzene rings is 3. The molecule has 0 saturated carbocycles. The van der Waals surface area contributed by atoms with E-state index >= 15 is 0 Å². The monoisotopic (exact) mass is 1080 g/mol. The van der Waals surface area contributed by atoms with E-state index in [0.29, 0.717) is 43.8 Å². The maximum absolute atomic E-state index is 14.1. The summed E-state index contributed by atoms with van der Waals surface area (Å²) in [6.45, 7) is 12.4. The van der Waals surface area contributed by atoms with E-state index in [1.807, 2.05) is 92.6 Å². The zero-order valence-corrected chi connectivity index (χ0v) is 46.4. The molecule has 6 N–H and O–H groups in total. The standard InChI is InChI=1S/C58H80N10O8S/c1-6-7-32-66(37-43-22-26-45(27-23-43)54(71)64-75)57(74)61-46-28-30-49(31-29-46)76-34-17-13-11-9-8-10-12-16-33-67-38-47(63-65-67)18-14-15-19-51(70)62-53(58(3,4)5)56(73)68-39-48(69)35-50(68)55(72)59-36-42-20-24-44(25-21-42)52-41(2)60-40-77-52/h20-31,38,40,48,50,53,69,75H,6-19,32-37,39H2,1-5H3,(H,59,72)(H,61,74)(H,62,70)(H,64,71)/t48-,50+,53-/m1/s1. The summed E-state index contributed by atoms with van der Waals surface area (Å²) in [6.07, 6.45) is 14.3. The molecule has 77 heavy (non-hydrogen) atoms. The summed E-state index contributed by atoms with van der Waals surface area (Å²) in [5.74, 6) is -0.778. The molecular weight excluding hydrogens is 997 g/mol. The summed E-state index contributed by atoms with van der Waals surface area (Å²) in [5.41, 5.74) is 8.53.